The van der Waals surface area contributed by atoms with E-state index in [2.05, 4.69) is 0 Å². The molecule has 18 heavy (non-hydrogen) atoms. The van der Waals surface area contributed by atoms with Crippen LogP contribution in [0, 0.1) is 0 Å². The second-order valence-electron chi connectivity index (χ2n) is 3.82. The van der Waals surface area contributed by atoms with Gasteiger partial charge in [-0.1, -0.05) is 17.7 Å². The number of anilines is 1. The van der Waals surface area contributed by atoms with E-state index in [1.807, 2.05) is 42.5 Å². The molecule has 0 aliphatic heterocycles. The Labute approximate surface area is 116 Å². The maximum Gasteiger partial charge on any atom is 0.141 e. The lowest BCUT2D eigenvalue weighted by Gasteiger charge is -2.07. The molecule has 0 spiro atoms. The van der Waals surface area contributed by atoms with Crippen LogP contribution in [-0.4, -0.2) is 7.11 Å². The summed E-state index contributed by atoms with van der Waals surface area (Å²) >= 11 is 7.59. The van der Waals surface area contributed by atoms with Crippen LogP contribution in [0.15, 0.2) is 47.4 Å². The van der Waals surface area contributed by atoms with E-state index < -0.39 is 0 Å². The zero-order chi connectivity index (χ0) is 13.0. The van der Waals surface area contributed by atoms with Gasteiger partial charge in [0.15, 0.2) is 0 Å². The fraction of sp³-hybridized carbons (Fsp3) is 0.143. The van der Waals surface area contributed by atoms with Crippen molar-refractivity contribution in [2.24, 2.45) is 0 Å². The van der Waals surface area contributed by atoms with Crippen molar-refractivity contribution in [2.75, 3.05) is 12.8 Å². The summed E-state index contributed by atoms with van der Waals surface area (Å²) in [6, 6.07) is 13.7. The first-order chi connectivity index (χ1) is 8.69. The van der Waals surface area contributed by atoms with Crippen molar-refractivity contribution in [3.05, 3.63) is 53.1 Å². The topological polar surface area (TPSA) is 35.2 Å². The number of thioether (sulfide) groups is 1. The van der Waals surface area contributed by atoms with Crippen LogP contribution in [0.4, 0.5) is 5.69 Å². The van der Waals surface area contributed by atoms with E-state index in [-0.39, 0.29) is 0 Å². The first-order valence-corrected chi connectivity index (χ1v) is 6.86. The van der Waals surface area contributed by atoms with Crippen LogP contribution >= 0.6 is 23.4 Å². The number of benzene rings is 2. The molecule has 2 rings (SSSR count). The van der Waals surface area contributed by atoms with Gasteiger partial charge in [0, 0.05) is 15.7 Å². The van der Waals surface area contributed by atoms with Crippen molar-refractivity contribution in [1.82, 2.24) is 0 Å². The second-order valence-corrected chi connectivity index (χ2v) is 5.30. The molecule has 0 heterocycles. The fourth-order valence-electron chi connectivity index (χ4n) is 1.57. The molecule has 0 amide bonds. The van der Waals surface area contributed by atoms with Crippen LogP contribution in [0.1, 0.15) is 5.56 Å². The molecule has 0 bridgehead atoms. The Morgan fingerprint density at radius 2 is 1.89 bits per heavy atom. The van der Waals surface area contributed by atoms with Gasteiger partial charge >= 0.3 is 0 Å². The Bertz CT molecular complexity index is 528. The van der Waals surface area contributed by atoms with Gasteiger partial charge in [-0.3, -0.25) is 0 Å². The largest absolute Gasteiger partial charge is 0.495 e. The minimum absolute atomic E-state index is 0.673. The summed E-state index contributed by atoms with van der Waals surface area (Å²) in [5, 5.41) is 0.757. The van der Waals surface area contributed by atoms with Crippen molar-refractivity contribution < 1.29 is 4.74 Å². The first-order valence-electron chi connectivity index (χ1n) is 5.50. The minimum atomic E-state index is 0.673. The van der Waals surface area contributed by atoms with Gasteiger partial charge in [-0.15, -0.1) is 11.8 Å². The van der Waals surface area contributed by atoms with E-state index in [1.54, 1.807) is 18.9 Å². The number of ether oxygens (including phenoxy) is 1. The first kappa shape index (κ1) is 13.1. The highest BCUT2D eigenvalue weighted by Gasteiger charge is 2.01. The fourth-order valence-corrected chi connectivity index (χ4v) is 2.54. The number of nitrogens with two attached hydrogens (primary N) is 1. The lowest BCUT2D eigenvalue weighted by Crippen LogP contribution is -1.93. The molecule has 4 heteroatoms. The van der Waals surface area contributed by atoms with Gasteiger partial charge in [0.25, 0.3) is 0 Å². The summed E-state index contributed by atoms with van der Waals surface area (Å²) in [6.07, 6.45) is 0. The monoisotopic (exact) mass is 279 g/mol. The zero-order valence-electron chi connectivity index (χ0n) is 10.0. The summed E-state index contributed by atoms with van der Waals surface area (Å²) in [6.45, 7) is 0. The number of hydrogen-bond donors (Lipinski definition) is 1. The molecular formula is C14H14ClNOS. The Balaban J connectivity index is 2.02. The number of halogens is 1. The van der Waals surface area contributed by atoms with E-state index in [1.165, 1.54) is 10.5 Å². The number of rotatable bonds is 4. The summed E-state index contributed by atoms with van der Waals surface area (Å²) in [5.74, 6) is 1.59. The van der Waals surface area contributed by atoms with Crippen LogP contribution in [0.2, 0.25) is 5.02 Å². The predicted molar refractivity (Wildman–Crippen MR) is 78.4 cm³/mol. The molecule has 0 aliphatic rings. The average molecular weight is 280 g/mol. The molecule has 2 aromatic rings. The van der Waals surface area contributed by atoms with Gasteiger partial charge in [0.2, 0.25) is 0 Å². The normalized spacial score (nSPS) is 10.3. The Morgan fingerprint density at radius 1 is 1.17 bits per heavy atom. The van der Waals surface area contributed by atoms with Gasteiger partial charge in [-0.2, -0.15) is 0 Å². The third-order valence-electron chi connectivity index (χ3n) is 2.51. The van der Waals surface area contributed by atoms with Gasteiger partial charge in [-0.05, 0) is 42.0 Å². The smallest absolute Gasteiger partial charge is 0.141 e. The third kappa shape index (κ3) is 3.34. The SMILES string of the molecule is COc1ccc(CSc2ccc(Cl)cc2)cc1N. The summed E-state index contributed by atoms with van der Waals surface area (Å²) in [5.41, 5.74) is 7.72. The van der Waals surface area contributed by atoms with E-state index >= 15 is 0 Å². The summed E-state index contributed by atoms with van der Waals surface area (Å²) < 4.78 is 5.13. The molecule has 2 N–H and O–H groups in total. The Hall–Kier alpha value is -1.32. The molecule has 0 aliphatic carbocycles. The van der Waals surface area contributed by atoms with Gasteiger partial charge < -0.3 is 10.5 Å². The molecule has 0 saturated carbocycles. The maximum atomic E-state index is 5.87. The highest BCUT2D eigenvalue weighted by Crippen LogP contribution is 2.28. The highest BCUT2D eigenvalue weighted by atomic mass is 35.5. The number of methoxy groups -OCH3 is 1. The molecule has 0 unspecified atom stereocenters. The molecular weight excluding hydrogens is 266 g/mol. The van der Waals surface area contributed by atoms with E-state index in [9.17, 15) is 0 Å². The standard InChI is InChI=1S/C14H14ClNOS/c1-17-14-7-2-10(8-13(14)16)9-18-12-5-3-11(15)4-6-12/h2-8H,9,16H2,1H3. The van der Waals surface area contributed by atoms with Gasteiger partial charge in [0.1, 0.15) is 5.75 Å². The lowest BCUT2D eigenvalue weighted by atomic mass is 10.2. The van der Waals surface area contributed by atoms with Crippen LogP contribution in [-0.2, 0) is 5.75 Å². The van der Waals surface area contributed by atoms with Crippen molar-refractivity contribution in [3.8, 4) is 5.75 Å². The Morgan fingerprint density at radius 3 is 2.50 bits per heavy atom. The molecule has 0 saturated heterocycles. The lowest BCUT2D eigenvalue weighted by molar-refractivity contribution is 0.417. The summed E-state index contributed by atoms with van der Waals surface area (Å²) in [7, 11) is 1.62. The summed E-state index contributed by atoms with van der Waals surface area (Å²) in [4.78, 5) is 1.19. The minimum Gasteiger partial charge on any atom is -0.495 e. The van der Waals surface area contributed by atoms with Crippen molar-refractivity contribution >= 4 is 29.1 Å². The maximum absolute atomic E-state index is 5.87. The molecule has 0 fully saturated rings. The highest BCUT2D eigenvalue weighted by molar-refractivity contribution is 7.98. The van der Waals surface area contributed by atoms with Crippen LogP contribution in [0.5, 0.6) is 5.75 Å². The van der Waals surface area contributed by atoms with Crippen molar-refractivity contribution in [3.63, 3.8) is 0 Å². The van der Waals surface area contributed by atoms with Crippen molar-refractivity contribution in [1.29, 1.82) is 0 Å². The van der Waals surface area contributed by atoms with E-state index in [0.29, 0.717) is 5.69 Å². The Kier molecular flexibility index (Phi) is 4.39. The zero-order valence-corrected chi connectivity index (χ0v) is 11.6. The molecule has 0 aromatic heterocycles. The average Bonchev–Trinajstić information content (AvgIpc) is 2.38. The number of hydrogen-bond acceptors (Lipinski definition) is 3. The van der Waals surface area contributed by atoms with E-state index in [0.717, 1.165) is 16.5 Å². The van der Waals surface area contributed by atoms with Crippen molar-refractivity contribution in [2.45, 2.75) is 10.6 Å². The number of nitrogen functional groups attached to an aromatic ring is 1. The second kappa shape index (κ2) is 6.03. The van der Waals surface area contributed by atoms with Gasteiger partial charge in [0.05, 0.1) is 12.8 Å². The van der Waals surface area contributed by atoms with Gasteiger partial charge in [-0.25, -0.2) is 0 Å². The third-order valence-corrected chi connectivity index (χ3v) is 3.85. The molecule has 0 atom stereocenters. The predicted octanol–water partition coefficient (Wildman–Crippen LogP) is 4.22. The van der Waals surface area contributed by atoms with E-state index in [4.69, 9.17) is 22.1 Å². The van der Waals surface area contributed by atoms with Crippen LogP contribution in [0.3, 0.4) is 0 Å². The van der Waals surface area contributed by atoms with Crippen LogP contribution in [0.25, 0.3) is 0 Å². The quantitative estimate of drug-likeness (QED) is 0.672. The molecule has 0 radical (unpaired) electrons. The molecule has 2 aromatic carbocycles. The molecule has 2 nitrogen and oxygen atoms in total. The molecule has 94 valence electrons. The van der Waals surface area contributed by atoms with Crippen LogP contribution < -0.4 is 10.5 Å².